The molecule has 0 radical (unpaired) electrons. The summed E-state index contributed by atoms with van der Waals surface area (Å²) in [6.07, 6.45) is 2.05. The van der Waals surface area contributed by atoms with E-state index in [1.54, 1.807) is 0 Å². The number of nitrogens with one attached hydrogen (secondary N) is 1. The lowest BCUT2D eigenvalue weighted by atomic mass is 10.1. The van der Waals surface area contributed by atoms with Gasteiger partial charge < -0.3 is 0 Å². The van der Waals surface area contributed by atoms with Crippen molar-refractivity contribution in [1.29, 1.82) is 0 Å². The molecule has 0 aliphatic carbocycles. The Morgan fingerprint density at radius 1 is 1.53 bits per heavy atom. The minimum absolute atomic E-state index is 0.0249. The number of hydrogen-bond acceptors (Lipinski definition) is 2. The largest absolute Gasteiger partial charge is 0.271 e. The van der Waals surface area contributed by atoms with Gasteiger partial charge in [0.15, 0.2) is 0 Å². The molecule has 15 heavy (non-hydrogen) atoms. The van der Waals surface area contributed by atoms with Crippen molar-refractivity contribution in [3.63, 3.8) is 0 Å². The van der Waals surface area contributed by atoms with Crippen molar-refractivity contribution in [2.24, 2.45) is 5.84 Å². The molecule has 0 aromatic heterocycles. The molecule has 1 aromatic rings. The third kappa shape index (κ3) is 3.61. The van der Waals surface area contributed by atoms with Crippen molar-refractivity contribution in [1.82, 2.24) is 5.43 Å². The van der Waals surface area contributed by atoms with E-state index < -0.39 is 0 Å². The second kappa shape index (κ2) is 5.66. The van der Waals surface area contributed by atoms with Crippen LogP contribution >= 0.6 is 27.5 Å². The number of hydrazine groups is 1. The van der Waals surface area contributed by atoms with E-state index in [1.807, 2.05) is 32.0 Å². The van der Waals surface area contributed by atoms with E-state index in [1.165, 1.54) is 5.57 Å². The van der Waals surface area contributed by atoms with E-state index >= 15 is 0 Å². The van der Waals surface area contributed by atoms with Gasteiger partial charge in [-0.25, -0.2) is 5.43 Å². The maximum atomic E-state index is 5.94. The molecule has 0 amide bonds. The maximum Gasteiger partial charge on any atom is 0.0654 e. The summed E-state index contributed by atoms with van der Waals surface area (Å²) in [5.41, 5.74) is 4.99. The van der Waals surface area contributed by atoms with Crippen molar-refractivity contribution in [3.05, 3.63) is 44.9 Å². The molecule has 0 aliphatic heterocycles. The summed E-state index contributed by atoms with van der Waals surface area (Å²) in [7, 11) is 0. The summed E-state index contributed by atoms with van der Waals surface area (Å²) in [5, 5.41) is 0.704. The Balaban J connectivity index is 3.11. The fourth-order valence-electron chi connectivity index (χ4n) is 1.31. The molecular weight excluding hydrogens is 275 g/mol. The number of nitrogens with two attached hydrogens (primary N) is 1. The van der Waals surface area contributed by atoms with Crippen LogP contribution in [0.4, 0.5) is 0 Å². The van der Waals surface area contributed by atoms with Gasteiger partial charge >= 0.3 is 0 Å². The van der Waals surface area contributed by atoms with Crippen LogP contribution in [-0.4, -0.2) is 0 Å². The van der Waals surface area contributed by atoms with Crippen LogP contribution in [0.25, 0.3) is 0 Å². The normalized spacial score (nSPS) is 12.3. The van der Waals surface area contributed by atoms with Crippen LogP contribution in [-0.2, 0) is 0 Å². The molecule has 0 saturated heterocycles. The molecule has 4 heteroatoms. The maximum absolute atomic E-state index is 5.94. The zero-order chi connectivity index (χ0) is 11.4. The first-order valence-corrected chi connectivity index (χ1v) is 5.77. The predicted octanol–water partition coefficient (Wildman–Crippen LogP) is 3.57. The van der Waals surface area contributed by atoms with Crippen LogP contribution in [0, 0.1) is 0 Å². The Morgan fingerprint density at radius 3 is 2.73 bits per heavy atom. The van der Waals surface area contributed by atoms with E-state index in [9.17, 15) is 0 Å². The summed E-state index contributed by atoms with van der Waals surface area (Å²) in [5.74, 6) is 5.51. The molecule has 1 atom stereocenters. The summed E-state index contributed by atoms with van der Waals surface area (Å²) < 4.78 is 0.993. The first-order valence-electron chi connectivity index (χ1n) is 4.60. The van der Waals surface area contributed by atoms with E-state index in [-0.39, 0.29) is 6.04 Å². The van der Waals surface area contributed by atoms with Gasteiger partial charge in [-0.05, 0) is 37.6 Å². The van der Waals surface area contributed by atoms with Crippen molar-refractivity contribution >= 4 is 27.5 Å². The monoisotopic (exact) mass is 288 g/mol. The van der Waals surface area contributed by atoms with Gasteiger partial charge in [0.1, 0.15) is 0 Å². The molecule has 0 fully saturated rings. The van der Waals surface area contributed by atoms with Gasteiger partial charge in [0.2, 0.25) is 0 Å². The fourth-order valence-corrected chi connectivity index (χ4v) is 1.99. The minimum Gasteiger partial charge on any atom is -0.271 e. The Bertz CT molecular complexity index is 373. The first-order chi connectivity index (χ1) is 7.04. The zero-order valence-corrected chi connectivity index (χ0v) is 11.1. The van der Waals surface area contributed by atoms with Gasteiger partial charge in [0.05, 0.1) is 6.04 Å². The number of allylic oxidation sites excluding steroid dienone is 1. The molecule has 0 bridgehead atoms. The molecule has 1 aromatic carbocycles. The topological polar surface area (TPSA) is 38.0 Å². The number of benzene rings is 1. The fraction of sp³-hybridized carbons (Fsp3) is 0.273. The van der Waals surface area contributed by atoms with Crippen LogP contribution in [0.1, 0.15) is 25.5 Å². The highest BCUT2D eigenvalue weighted by atomic mass is 79.9. The predicted molar refractivity (Wildman–Crippen MR) is 68.6 cm³/mol. The molecule has 0 heterocycles. The smallest absolute Gasteiger partial charge is 0.0654 e. The van der Waals surface area contributed by atoms with Crippen LogP contribution in [0.5, 0.6) is 0 Å². The van der Waals surface area contributed by atoms with Crippen molar-refractivity contribution in [2.45, 2.75) is 19.9 Å². The van der Waals surface area contributed by atoms with Gasteiger partial charge in [0, 0.05) is 9.50 Å². The van der Waals surface area contributed by atoms with E-state index in [0.29, 0.717) is 5.02 Å². The Kier molecular flexibility index (Phi) is 4.80. The summed E-state index contributed by atoms with van der Waals surface area (Å²) >= 11 is 9.42. The average Bonchev–Trinajstić information content (AvgIpc) is 2.18. The Labute approximate surface area is 104 Å². The SMILES string of the molecule is CC(C)=CC(NN)c1cc(Cl)ccc1Br. The summed E-state index contributed by atoms with van der Waals surface area (Å²) in [6, 6.07) is 5.63. The van der Waals surface area contributed by atoms with E-state index in [0.717, 1.165) is 10.0 Å². The van der Waals surface area contributed by atoms with Gasteiger partial charge in [-0.1, -0.05) is 39.2 Å². The number of hydrogen-bond donors (Lipinski definition) is 2. The molecule has 0 saturated carbocycles. The molecular formula is C11H14BrClN2. The molecule has 82 valence electrons. The van der Waals surface area contributed by atoms with Crippen LogP contribution in [0.3, 0.4) is 0 Å². The average molecular weight is 290 g/mol. The highest BCUT2D eigenvalue weighted by Crippen LogP contribution is 2.27. The summed E-state index contributed by atoms with van der Waals surface area (Å²) in [6.45, 7) is 4.06. The molecule has 0 spiro atoms. The van der Waals surface area contributed by atoms with Gasteiger partial charge in [-0.2, -0.15) is 0 Å². The lowest BCUT2D eigenvalue weighted by Crippen LogP contribution is -2.27. The van der Waals surface area contributed by atoms with Crippen LogP contribution < -0.4 is 11.3 Å². The third-order valence-corrected chi connectivity index (χ3v) is 2.93. The Hall–Kier alpha value is -0.350. The highest BCUT2D eigenvalue weighted by molar-refractivity contribution is 9.10. The van der Waals surface area contributed by atoms with Gasteiger partial charge in [-0.15, -0.1) is 0 Å². The second-order valence-electron chi connectivity index (χ2n) is 3.55. The van der Waals surface area contributed by atoms with Crippen LogP contribution in [0.2, 0.25) is 5.02 Å². The molecule has 2 nitrogen and oxygen atoms in total. The van der Waals surface area contributed by atoms with E-state index in [4.69, 9.17) is 17.4 Å². The standard InChI is InChI=1S/C11H14BrClN2/c1-7(2)5-11(15-14)9-6-8(13)3-4-10(9)12/h3-6,11,15H,14H2,1-2H3. The lowest BCUT2D eigenvalue weighted by Gasteiger charge is -2.15. The molecule has 3 N–H and O–H groups in total. The van der Waals surface area contributed by atoms with Gasteiger partial charge in [-0.3, -0.25) is 5.84 Å². The number of rotatable bonds is 3. The van der Waals surface area contributed by atoms with Crippen LogP contribution in [0.15, 0.2) is 34.3 Å². The second-order valence-corrected chi connectivity index (χ2v) is 4.84. The molecule has 0 aliphatic rings. The quantitative estimate of drug-likeness (QED) is 0.507. The zero-order valence-electron chi connectivity index (χ0n) is 8.72. The lowest BCUT2D eigenvalue weighted by molar-refractivity contribution is 0.649. The number of halogens is 2. The van der Waals surface area contributed by atoms with Crippen molar-refractivity contribution < 1.29 is 0 Å². The minimum atomic E-state index is -0.0249. The van der Waals surface area contributed by atoms with Gasteiger partial charge in [0.25, 0.3) is 0 Å². The molecule has 1 rings (SSSR count). The molecule has 1 unspecified atom stereocenters. The van der Waals surface area contributed by atoms with E-state index in [2.05, 4.69) is 27.4 Å². The van der Waals surface area contributed by atoms with Crippen molar-refractivity contribution in [3.8, 4) is 0 Å². The highest BCUT2D eigenvalue weighted by Gasteiger charge is 2.10. The van der Waals surface area contributed by atoms with Crippen molar-refractivity contribution in [2.75, 3.05) is 0 Å². The Morgan fingerprint density at radius 2 is 2.20 bits per heavy atom. The first kappa shape index (κ1) is 12.7. The summed E-state index contributed by atoms with van der Waals surface area (Å²) in [4.78, 5) is 0. The third-order valence-electron chi connectivity index (χ3n) is 1.97.